The molecule has 6 nitrogen and oxygen atoms in total. The van der Waals surface area contributed by atoms with Crippen molar-refractivity contribution in [1.29, 1.82) is 0 Å². The van der Waals surface area contributed by atoms with Gasteiger partial charge in [0.15, 0.2) is 0 Å². The molecule has 0 bridgehead atoms. The van der Waals surface area contributed by atoms with Gasteiger partial charge in [-0.05, 0) is 91.9 Å². The Morgan fingerprint density at radius 2 is 1.14 bits per heavy atom. The highest BCUT2D eigenvalue weighted by atomic mass is 16.5. The summed E-state index contributed by atoms with van der Waals surface area (Å²) in [6.45, 7) is 6.53. The molecule has 6 aromatic carbocycles. The fourth-order valence-corrected chi connectivity index (χ4v) is 8.84. The van der Waals surface area contributed by atoms with Crippen molar-refractivity contribution in [3.63, 3.8) is 0 Å². The third-order valence-corrected chi connectivity index (χ3v) is 11.1. The van der Waals surface area contributed by atoms with E-state index in [0.717, 1.165) is 83.3 Å². The molecule has 0 aliphatic heterocycles. The van der Waals surface area contributed by atoms with E-state index in [4.69, 9.17) is 19.7 Å². The predicted octanol–water partition coefficient (Wildman–Crippen LogP) is 12.7. The molecule has 11 aromatic rings. The molecular formula is C50H35N5O. The highest BCUT2D eigenvalue weighted by Crippen LogP contribution is 2.41. The average Bonchev–Trinajstić information content (AvgIpc) is 3.85. The topological polar surface area (TPSA) is 56.7 Å². The molecule has 0 saturated heterocycles. The number of aromatic nitrogens is 5. The minimum atomic E-state index is 0.714. The van der Waals surface area contributed by atoms with Crippen LogP contribution in [0.5, 0.6) is 11.5 Å². The Kier molecular flexibility index (Phi) is 7.10. The minimum Gasteiger partial charge on any atom is -0.457 e. The molecule has 0 aliphatic carbocycles. The second-order valence-electron chi connectivity index (χ2n) is 14.7. The van der Waals surface area contributed by atoms with E-state index < -0.39 is 0 Å². The molecule has 11 rings (SSSR count). The van der Waals surface area contributed by atoms with Crippen LogP contribution >= 0.6 is 0 Å². The van der Waals surface area contributed by atoms with Gasteiger partial charge in [-0.2, -0.15) is 0 Å². The Labute approximate surface area is 322 Å². The maximum Gasteiger partial charge on any atom is 0.146 e. The molecule has 6 heteroatoms. The third kappa shape index (κ3) is 4.85. The van der Waals surface area contributed by atoms with Crippen molar-refractivity contribution in [3.05, 3.63) is 175 Å². The zero-order chi connectivity index (χ0) is 37.5. The van der Waals surface area contributed by atoms with Crippen LogP contribution in [0.25, 0.3) is 88.5 Å². The van der Waals surface area contributed by atoms with Crippen LogP contribution in [-0.4, -0.2) is 23.8 Å². The SMILES string of the molecule is Cc1cc(C)c(-c2cnc3c4cc(Oc5ccc6c(c5)c5nc(-c7ccccc7)c(-c7ccccc7)n5c5cccnc65)ccc4c4ccccc4n23)c(C)c1. The number of hydrogen-bond acceptors (Lipinski definition) is 4. The van der Waals surface area contributed by atoms with Gasteiger partial charge >= 0.3 is 0 Å². The first kappa shape index (κ1) is 32.1. The minimum absolute atomic E-state index is 0.714. The number of rotatable bonds is 5. The monoisotopic (exact) mass is 721 g/mol. The van der Waals surface area contributed by atoms with Crippen LogP contribution < -0.4 is 4.74 Å². The Morgan fingerprint density at radius 1 is 0.500 bits per heavy atom. The molecule has 0 aliphatic rings. The second kappa shape index (κ2) is 12.4. The lowest BCUT2D eigenvalue weighted by Gasteiger charge is -2.15. The van der Waals surface area contributed by atoms with E-state index in [-0.39, 0.29) is 0 Å². The van der Waals surface area contributed by atoms with Gasteiger partial charge in [-0.3, -0.25) is 13.8 Å². The summed E-state index contributed by atoms with van der Waals surface area (Å²) in [4.78, 5) is 15.4. The lowest BCUT2D eigenvalue weighted by Crippen LogP contribution is -1.97. The molecule has 0 saturated carbocycles. The summed E-state index contributed by atoms with van der Waals surface area (Å²) in [5, 5.41) is 5.30. The number of aryl methyl sites for hydroxylation is 3. The summed E-state index contributed by atoms with van der Waals surface area (Å²) >= 11 is 0. The quantitative estimate of drug-likeness (QED) is 0.166. The number of ether oxygens (including phenoxy) is 1. The van der Waals surface area contributed by atoms with Gasteiger partial charge in [-0.15, -0.1) is 0 Å². The first-order valence-corrected chi connectivity index (χ1v) is 18.9. The first-order valence-electron chi connectivity index (χ1n) is 18.9. The van der Waals surface area contributed by atoms with Crippen molar-refractivity contribution in [2.24, 2.45) is 0 Å². The molecular weight excluding hydrogens is 687 g/mol. The van der Waals surface area contributed by atoms with Crippen molar-refractivity contribution in [3.8, 4) is 45.3 Å². The van der Waals surface area contributed by atoms with E-state index in [1.54, 1.807) is 0 Å². The molecule has 56 heavy (non-hydrogen) atoms. The molecule has 0 amide bonds. The highest BCUT2D eigenvalue weighted by molar-refractivity contribution is 6.14. The van der Waals surface area contributed by atoms with Crippen LogP contribution in [0.15, 0.2) is 158 Å². The summed E-state index contributed by atoms with van der Waals surface area (Å²) in [6, 6.07) is 50.7. The van der Waals surface area contributed by atoms with Gasteiger partial charge in [0.05, 0.1) is 39.8 Å². The van der Waals surface area contributed by atoms with E-state index in [1.807, 2.05) is 36.7 Å². The van der Waals surface area contributed by atoms with Crippen molar-refractivity contribution in [1.82, 2.24) is 23.8 Å². The van der Waals surface area contributed by atoms with Gasteiger partial charge in [0.25, 0.3) is 0 Å². The van der Waals surface area contributed by atoms with Gasteiger partial charge < -0.3 is 4.74 Å². The molecule has 0 N–H and O–H groups in total. The van der Waals surface area contributed by atoms with E-state index in [1.165, 1.54) is 27.6 Å². The van der Waals surface area contributed by atoms with Crippen molar-refractivity contribution in [2.45, 2.75) is 20.8 Å². The van der Waals surface area contributed by atoms with Crippen LogP contribution in [0.2, 0.25) is 0 Å². The molecule has 0 spiro atoms. The third-order valence-electron chi connectivity index (χ3n) is 11.1. The normalized spacial score (nSPS) is 11.8. The molecule has 0 fully saturated rings. The van der Waals surface area contributed by atoms with Gasteiger partial charge in [0, 0.05) is 44.4 Å². The molecule has 5 aromatic heterocycles. The molecule has 266 valence electrons. The highest BCUT2D eigenvalue weighted by Gasteiger charge is 2.22. The Bertz CT molecular complexity index is 3340. The Hall–Kier alpha value is -7.31. The van der Waals surface area contributed by atoms with Crippen LogP contribution in [0, 0.1) is 20.8 Å². The maximum atomic E-state index is 6.77. The van der Waals surface area contributed by atoms with Crippen LogP contribution in [0.1, 0.15) is 16.7 Å². The molecule has 0 unspecified atom stereocenters. The van der Waals surface area contributed by atoms with Gasteiger partial charge in [-0.25, -0.2) is 9.97 Å². The number of pyridine rings is 3. The van der Waals surface area contributed by atoms with Crippen molar-refractivity contribution in [2.75, 3.05) is 0 Å². The maximum absolute atomic E-state index is 6.77. The number of imidazole rings is 2. The second-order valence-corrected chi connectivity index (χ2v) is 14.7. The smallest absolute Gasteiger partial charge is 0.146 e. The molecule has 0 atom stereocenters. The van der Waals surface area contributed by atoms with E-state index in [2.05, 4.69) is 151 Å². The number of fused-ring (bicyclic) bond motifs is 12. The van der Waals surface area contributed by atoms with E-state index in [0.29, 0.717) is 5.75 Å². The first-order chi connectivity index (χ1) is 27.5. The van der Waals surface area contributed by atoms with Gasteiger partial charge in [-0.1, -0.05) is 96.6 Å². The standard InChI is InChI=1S/C50H35N5O/c1-30-25-31(2)45(32(3)26-30)44-29-52-49-40-27-35(20-22-37(40)38-17-10-11-18-42(38)54(44)49)56-36-21-23-39-41(28-36)50-53-46(33-13-6-4-7-14-33)48(34-15-8-5-9-16-34)55(50)43-19-12-24-51-47(39)43/h4-29H,1-3H3. The molecule has 0 radical (unpaired) electrons. The van der Waals surface area contributed by atoms with Crippen molar-refractivity contribution < 1.29 is 4.74 Å². The lowest BCUT2D eigenvalue weighted by atomic mass is 9.97. The summed E-state index contributed by atoms with van der Waals surface area (Å²) in [5.74, 6) is 1.45. The largest absolute Gasteiger partial charge is 0.457 e. The van der Waals surface area contributed by atoms with Crippen molar-refractivity contribution >= 4 is 54.8 Å². The van der Waals surface area contributed by atoms with Crippen LogP contribution in [-0.2, 0) is 0 Å². The zero-order valence-electron chi connectivity index (χ0n) is 31.2. The summed E-state index contributed by atoms with van der Waals surface area (Å²) < 4.78 is 11.3. The number of para-hydroxylation sites is 1. The summed E-state index contributed by atoms with van der Waals surface area (Å²) in [5.41, 5.74) is 14.9. The number of hydrogen-bond donors (Lipinski definition) is 0. The van der Waals surface area contributed by atoms with Gasteiger partial charge in [0.2, 0.25) is 0 Å². The lowest BCUT2D eigenvalue weighted by molar-refractivity contribution is 0.484. The van der Waals surface area contributed by atoms with Gasteiger partial charge in [0.1, 0.15) is 22.8 Å². The predicted molar refractivity (Wildman–Crippen MR) is 229 cm³/mol. The number of benzene rings is 6. The average molecular weight is 722 g/mol. The Morgan fingerprint density at radius 3 is 1.89 bits per heavy atom. The summed E-state index contributed by atoms with van der Waals surface area (Å²) in [6.07, 6.45) is 3.88. The fourth-order valence-electron chi connectivity index (χ4n) is 8.84. The van der Waals surface area contributed by atoms with E-state index >= 15 is 0 Å². The fraction of sp³-hybridized carbons (Fsp3) is 0.0600. The zero-order valence-corrected chi connectivity index (χ0v) is 31.2. The summed E-state index contributed by atoms with van der Waals surface area (Å²) in [7, 11) is 0. The van der Waals surface area contributed by atoms with Crippen LogP contribution in [0.4, 0.5) is 0 Å². The molecule has 5 heterocycles. The van der Waals surface area contributed by atoms with Crippen LogP contribution in [0.3, 0.4) is 0 Å². The number of nitrogens with zero attached hydrogens (tertiary/aromatic N) is 5. The Balaban J connectivity index is 1.11. The van der Waals surface area contributed by atoms with E-state index in [9.17, 15) is 0 Å².